The molecule has 3 atom stereocenters. The van der Waals surface area contributed by atoms with Crippen molar-refractivity contribution in [2.24, 2.45) is 10.2 Å². The quantitative estimate of drug-likeness (QED) is 0.0537. The third-order valence-electron chi connectivity index (χ3n) is 9.18. The second-order valence-corrected chi connectivity index (χ2v) is 14.0. The number of nitrogen functional groups attached to an aromatic ring is 1. The van der Waals surface area contributed by atoms with Crippen molar-refractivity contribution in [3.8, 4) is 11.5 Å². The second kappa shape index (κ2) is 15.3. The zero-order valence-electron chi connectivity index (χ0n) is 28.2. The number of ether oxygens (including phenoxy) is 1. The van der Waals surface area contributed by atoms with Crippen LogP contribution < -0.4 is 21.1 Å². The molecule has 6 rings (SSSR count). The predicted molar refractivity (Wildman–Crippen MR) is 195 cm³/mol. The van der Waals surface area contributed by atoms with Crippen molar-refractivity contribution < 1.29 is 19.4 Å². The predicted octanol–water partition coefficient (Wildman–Crippen LogP) is 6.11. The van der Waals surface area contributed by atoms with Crippen LogP contribution in [0.5, 0.6) is 11.5 Å². The smallest absolute Gasteiger partial charge is 0.315 e. The van der Waals surface area contributed by atoms with Gasteiger partial charge in [0.25, 0.3) is 0 Å². The fraction of sp³-hybridized carbons (Fsp3) is 0.417. The van der Waals surface area contributed by atoms with Gasteiger partial charge in [-0.3, -0.25) is 4.79 Å². The minimum Gasteiger partial charge on any atom is -0.508 e. The molecule has 13 heteroatoms. The number of amides is 3. The SMILES string of the molecule is CCOc1ccc2nc3cc(N=Nc4ccc(O)c(CN(C)CCN(C)C(=O)CCCC[C@@H]5SC[C@@H]6NC(=O)N[C@@H]65)c4)ccc3c(N)c2c1. The first-order valence-electron chi connectivity index (χ1n) is 16.8. The molecule has 0 spiro atoms. The van der Waals surface area contributed by atoms with Gasteiger partial charge in [-0.25, -0.2) is 9.78 Å². The number of carbonyl (C=O) groups is 2. The molecule has 2 fully saturated rings. The molecule has 3 aromatic carbocycles. The molecule has 1 aromatic heterocycles. The van der Waals surface area contributed by atoms with Crippen LogP contribution in [0.1, 0.15) is 38.2 Å². The number of unbranched alkanes of at least 4 members (excludes halogenated alkanes) is 1. The van der Waals surface area contributed by atoms with E-state index < -0.39 is 0 Å². The lowest BCUT2D eigenvalue weighted by atomic mass is 10.0. The van der Waals surface area contributed by atoms with Crippen LogP contribution in [0.2, 0.25) is 0 Å². The van der Waals surface area contributed by atoms with Gasteiger partial charge in [0.05, 0.1) is 46.8 Å². The average Bonchev–Trinajstić information content (AvgIpc) is 3.65. The Labute approximate surface area is 290 Å². The molecule has 0 unspecified atom stereocenters. The van der Waals surface area contributed by atoms with Gasteiger partial charge in [-0.1, -0.05) is 6.42 Å². The number of carbonyl (C=O) groups excluding carboxylic acids is 2. The lowest BCUT2D eigenvalue weighted by Gasteiger charge is -2.23. The van der Waals surface area contributed by atoms with Crippen molar-refractivity contribution in [3.05, 3.63) is 60.2 Å². The van der Waals surface area contributed by atoms with Crippen LogP contribution in [0.4, 0.5) is 21.9 Å². The Morgan fingerprint density at radius 3 is 2.63 bits per heavy atom. The first-order chi connectivity index (χ1) is 23.7. The number of nitrogens with zero attached hydrogens (tertiary/aromatic N) is 5. The highest BCUT2D eigenvalue weighted by atomic mass is 32.2. The molecule has 2 saturated heterocycles. The Morgan fingerprint density at radius 1 is 1.02 bits per heavy atom. The van der Waals surface area contributed by atoms with Crippen molar-refractivity contribution in [3.63, 3.8) is 0 Å². The summed E-state index contributed by atoms with van der Waals surface area (Å²) in [5, 5.41) is 27.5. The van der Waals surface area contributed by atoms with E-state index in [0.29, 0.717) is 55.0 Å². The van der Waals surface area contributed by atoms with Gasteiger partial charge in [-0.15, -0.1) is 0 Å². The van der Waals surface area contributed by atoms with E-state index in [1.165, 1.54) is 0 Å². The van der Waals surface area contributed by atoms with Gasteiger partial charge in [-0.05, 0) is 81.4 Å². The highest BCUT2D eigenvalue weighted by molar-refractivity contribution is 8.00. The summed E-state index contributed by atoms with van der Waals surface area (Å²) in [7, 11) is 3.80. The topological polar surface area (TPSA) is 158 Å². The van der Waals surface area contributed by atoms with Gasteiger partial charge in [0, 0.05) is 60.4 Å². The van der Waals surface area contributed by atoms with Crippen LogP contribution in [0.25, 0.3) is 21.8 Å². The average molecular weight is 685 g/mol. The lowest BCUT2D eigenvalue weighted by Crippen LogP contribution is -2.36. The molecule has 0 bridgehead atoms. The summed E-state index contributed by atoms with van der Waals surface area (Å²) in [5.41, 5.74) is 10.6. The van der Waals surface area contributed by atoms with Crippen molar-refractivity contribution in [1.82, 2.24) is 25.4 Å². The first kappa shape index (κ1) is 34.3. The molecule has 0 radical (unpaired) electrons. The number of anilines is 1. The summed E-state index contributed by atoms with van der Waals surface area (Å²) >= 11 is 1.90. The standard InChI is InChI=1S/C36H44N8O4S/c1-4-48-25-11-13-28-27(19-25)34(37)26-12-9-24(18-29(26)38-28)42-41-23-10-14-31(45)22(17-23)20-43(2)15-16-44(3)33(46)8-6-5-7-32-35-30(21-49-32)39-36(47)40-35/h9-14,17-19,30,32,35,45H,4-8,15-16,20-21H2,1-3H3,(H2,37,38)(H2,39,40,47)/t30-,32-,35-/m0/s1. The molecule has 5 N–H and O–H groups in total. The van der Waals surface area contributed by atoms with Crippen LogP contribution in [-0.4, -0.2) is 88.7 Å². The highest BCUT2D eigenvalue weighted by Crippen LogP contribution is 2.35. The van der Waals surface area contributed by atoms with Gasteiger partial charge in [0.1, 0.15) is 11.5 Å². The zero-order valence-corrected chi connectivity index (χ0v) is 29.0. The van der Waals surface area contributed by atoms with Crippen molar-refractivity contribution in [2.45, 2.75) is 56.5 Å². The van der Waals surface area contributed by atoms with Gasteiger partial charge < -0.3 is 36.0 Å². The van der Waals surface area contributed by atoms with Crippen LogP contribution in [0.3, 0.4) is 0 Å². The van der Waals surface area contributed by atoms with E-state index in [2.05, 4.69) is 25.8 Å². The number of hydrogen-bond acceptors (Lipinski definition) is 10. The monoisotopic (exact) mass is 684 g/mol. The van der Waals surface area contributed by atoms with E-state index in [1.54, 1.807) is 17.0 Å². The number of pyridine rings is 1. The van der Waals surface area contributed by atoms with E-state index in [9.17, 15) is 14.7 Å². The van der Waals surface area contributed by atoms with Crippen molar-refractivity contribution in [2.75, 3.05) is 45.3 Å². The molecule has 258 valence electrons. The number of aromatic nitrogens is 1. The number of hydrogen-bond donors (Lipinski definition) is 4. The van der Waals surface area contributed by atoms with Crippen LogP contribution in [0, 0.1) is 0 Å². The fourth-order valence-electron chi connectivity index (χ4n) is 6.41. The minimum atomic E-state index is -0.0659. The maximum Gasteiger partial charge on any atom is 0.315 e. The Balaban J connectivity index is 0.989. The number of phenolic OH excluding ortho intramolecular Hbond substituents is 1. The van der Waals surface area contributed by atoms with Gasteiger partial charge in [0.2, 0.25) is 5.91 Å². The summed E-state index contributed by atoms with van der Waals surface area (Å²) in [5.74, 6) is 2.01. The first-order valence-corrected chi connectivity index (χ1v) is 17.8. The van der Waals surface area contributed by atoms with Gasteiger partial charge in [-0.2, -0.15) is 22.0 Å². The molecule has 0 aliphatic carbocycles. The number of likely N-dealkylation sites (N-methyl/N-ethyl adjacent to an activating group) is 2. The van der Waals surface area contributed by atoms with E-state index in [0.717, 1.165) is 58.1 Å². The second-order valence-electron chi connectivity index (χ2n) is 12.8. The summed E-state index contributed by atoms with van der Waals surface area (Å²) < 4.78 is 5.63. The van der Waals surface area contributed by atoms with Gasteiger partial charge in [0.15, 0.2) is 0 Å². The Morgan fingerprint density at radius 2 is 1.82 bits per heavy atom. The molecule has 2 aliphatic rings. The van der Waals surface area contributed by atoms with Crippen LogP contribution in [0.15, 0.2) is 64.8 Å². The molecular weight excluding hydrogens is 641 g/mol. The molecule has 4 aromatic rings. The van der Waals surface area contributed by atoms with Crippen molar-refractivity contribution >= 4 is 62.6 Å². The molecule has 2 aliphatic heterocycles. The maximum absolute atomic E-state index is 12.8. The summed E-state index contributed by atoms with van der Waals surface area (Å²) in [6.45, 7) is 4.24. The van der Waals surface area contributed by atoms with Crippen LogP contribution in [-0.2, 0) is 11.3 Å². The summed E-state index contributed by atoms with van der Waals surface area (Å²) in [6.07, 6.45) is 3.30. The molecule has 3 amide bonds. The summed E-state index contributed by atoms with van der Waals surface area (Å²) in [4.78, 5) is 33.0. The van der Waals surface area contributed by atoms with E-state index in [1.807, 2.05) is 75.2 Å². The number of benzene rings is 3. The molecule has 49 heavy (non-hydrogen) atoms. The van der Waals surface area contributed by atoms with E-state index >= 15 is 0 Å². The van der Waals surface area contributed by atoms with Gasteiger partial charge >= 0.3 is 6.03 Å². The number of nitrogens with one attached hydrogen (secondary N) is 2. The number of azo groups is 1. The van der Waals surface area contributed by atoms with E-state index in [-0.39, 0.29) is 29.8 Å². The largest absolute Gasteiger partial charge is 0.508 e. The van der Waals surface area contributed by atoms with Crippen LogP contribution >= 0.6 is 11.8 Å². The molecule has 0 saturated carbocycles. The zero-order chi connectivity index (χ0) is 34.5. The number of aromatic hydroxyl groups is 1. The Hall–Kier alpha value is -4.62. The lowest BCUT2D eigenvalue weighted by molar-refractivity contribution is -0.130. The maximum atomic E-state index is 12.8. The highest BCUT2D eigenvalue weighted by Gasteiger charge is 2.42. The number of fused-ring (bicyclic) bond motifs is 3. The van der Waals surface area contributed by atoms with Crippen molar-refractivity contribution in [1.29, 1.82) is 0 Å². The number of urea groups is 1. The number of nitrogens with two attached hydrogens (primary N) is 1. The fourth-order valence-corrected chi connectivity index (χ4v) is 7.95. The number of rotatable bonds is 14. The Kier molecular flexibility index (Phi) is 10.7. The molecule has 12 nitrogen and oxygen atoms in total. The Bertz CT molecular complexity index is 1870. The molecular formula is C36H44N8O4S. The normalized spacial score (nSPS) is 18.7. The van der Waals surface area contributed by atoms with E-state index in [4.69, 9.17) is 15.5 Å². The number of phenols is 1. The minimum absolute atomic E-state index is 0.0659. The third kappa shape index (κ3) is 8.16. The molecule has 3 heterocycles. The number of thioether (sulfide) groups is 1. The summed E-state index contributed by atoms with van der Waals surface area (Å²) in [6, 6.07) is 16.8. The third-order valence-corrected chi connectivity index (χ3v) is 10.7.